The first kappa shape index (κ1) is 12.9. The second kappa shape index (κ2) is 5.85. The number of anilines is 1. The van der Waals surface area contributed by atoms with E-state index in [-0.39, 0.29) is 6.54 Å². The van der Waals surface area contributed by atoms with Gasteiger partial charge in [0, 0.05) is 22.8 Å². The van der Waals surface area contributed by atoms with Gasteiger partial charge in [-0.25, -0.2) is 4.39 Å². The molecular weight excluding hydrogens is 253 g/mol. The van der Waals surface area contributed by atoms with E-state index in [2.05, 4.69) is 5.32 Å². The summed E-state index contributed by atoms with van der Waals surface area (Å²) in [7, 11) is 0. The van der Waals surface area contributed by atoms with Gasteiger partial charge in [-0.15, -0.1) is 0 Å². The van der Waals surface area contributed by atoms with Gasteiger partial charge >= 0.3 is 0 Å². The van der Waals surface area contributed by atoms with Crippen molar-refractivity contribution in [1.29, 1.82) is 0 Å². The molecule has 0 saturated carbocycles. The fourth-order valence-electron chi connectivity index (χ4n) is 1.64. The average Bonchev–Trinajstić information content (AvgIpc) is 2.38. The molecule has 2 aromatic carbocycles. The molecule has 1 unspecified atom stereocenters. The molecule has 0 bridgehead atoms. The Kier molecular flexibility index (Phi) is 4.18. The molecule has 0 aliphatic carbocycles. The third-order valence-corrected chi connectivity index (χ3v) is 2.86. The van der Waals surface area contributed by atoms with Gasteiger partial charge in [0.25, 0.3) is 0 Å². The normalized spacial score (nSPS) is 12.2. The minimum Gasteiger partial charge on any atom is -0.386 e. The lowest BCUT2D eigenvalue weighted by Crippen LogP contribution is -2.13. The maximum absolute atomic E-state index is 13.4. The van der Waals surface area contributed by atoms with Crippen LogP contribution in [0.2, 0.25) is 5.02 Å². The van der Waals surface area contributed by atoms with E-state index in [0.717, 1.165) is 5.69 Å². The molecule has 0 spiro atoms. The summed E-state index contributed by atoms with van der Waals surface area (Å²) in [5, 5.41) is 13.6. The fraction of sp³-hybridized carbons (Fsp3) is 0.143. The Bertz CT molecular complexity index is 515. The third-order valence-electron chi connectivity index (χ3n) is 2.61. The molecule has 94 valence electrons. The highest BCUT2D eigenvalue weighted by Crippen LogP contribution is 2.18. The zero-order chi connectivity index (χ0) is 13.0. The molecule has 0 saturated heterocycles. The summed E-state index contributed by atoms with van der Waals surface area (Å²) in [4.78, 5) is 0. The number of rotatable bonds is 4. The number of hydrogen-bond donors (Lipinski definition) is 2. The van der Waals surface area contributed by atoms with Crippen LogP contribution in [0, 0.1) is 5.82 Å². The van der Waals surface area contributed by atoms with E-state index in [1.165, 1.54) is 6.07 Å². The molecule has 1 atom stereocenters. The summed E-state index contributed by atoms with van der Waals surface area (Å²) < 4.78 is 13.4. The zero-order valence-corrected chi connectivity index (χ0v) is 10.4. The van der Waals surface area contributed by atoms with Gasteiger partial charge in [-0.1, -0.05) is 29.8 Å². The monoisotopic (exact) mass is 265 g/mol. The first-order chi connectivity index (χ1) is 8.66. The van der Waals surface area contributed by atoms with Gasteiger partial charge in [0.05, 0.1) is 6.10 Å². The van der Waals surface area contributed by atoms with Gasteiger partial charge in [-0.05, 0) is 30.3 Å². The van der Waals surface area contributed by atoms with Crippen molar-refractivity contribution in [2.75, 3.05) is 11.9 Å². The molecule has 0 heterocycles. The Morgan fingerprint density at radius 3 is 2.44 bits per heavy atom. The van der Waals surface area contributed by atoms with E-state index < -0.39 is 11.9 Å². The van der Waals surface area contributed by atoms with Crippen molar-refractivity contribution >= 4 is 17.3 Å². The molecular formula is C14H13ClFNO. The summed E-state index contributed by atoms with van der Waals surface area (Å²) in [6, 6.07) is 13.3. The number of nitrogens with one attached hydrogen (secondary N) is 1. The van der Waals surface area contributed by atoms with E-state index in [9.17, 15) is 9.50 Å². The van der Waals surface area contributed by atoms with E-state index in [0.29, 0.717) is 10.6 Å². The largest absolute Gasteiger partial charge is 0.386 e. The molecule has 0 aliphatic rings. The van der Waals surface area contributed by atoms with Crippen LogP contribution in [0.4, 0.5) is 10.1 Å². The van der Waals surface area contributed by atoms with Crippen molar-refractivity contribution in [3.05, 3.63) is 64.9 Å². The van der Waals surface area contributed by atoms with Crippen LogP contribution in [-0.4, -0.2) is 11.7 Å². The second-order valence-electron chi connectivity index (χ2n) is 3.93. The Morgan fingerprint density at radius 2 is 1.78 bits per heavy atom. The molecule has 0 aromatic heterocycles. The van der Waals surface area contributed by atoms with Gasteiger partial charge in [-0.2, -0.15) is 0 Å². The van der Waals surface area contributed by atoms with Crippen LogP contribution in [0.5, 0.6) is 0 Å². The molecule has 0 amide bonds. The molecule has 18 heavy (non-hydrogen) atoms. The van der Waals surface area contributed by atoms with Crippen LogP contribution in [0.1, 0.15) is 11.7 Å². The van der Waals surface area contributed by atoms with Crippen LogP contribution < -0.4 is 5.32 Å². The van der Waals surface area contributed by atoms with Crippen molar-refractivity contribution in [3.8, 4) is 0 Å². The van der Waals surface area contributed by atoms with E-state index in [4.69, 9.17) is 11.6 Å². The van der Waals surface area contributed by atoms with Gasteiger partial charge in [0.1, 0.15) is 5.82 Å². The Hall–Kier alpha value is -1.58. The Morgan fingerprint density at radius 1 is 1.11 bits per heavy atom. The lowest BCUT2D eigenvalue weighted by Gasteiger charge is -2.13. The number of aliphatic hydroxyl groups excluding tert-OH is 1. The summed E-state index contributed by atoms with van der Waals surface area (Å²) in [5.74, 6) is -0.400. The van der Waals surface area contributed by atoms with E-state index >= 15 is 0 Å². The quantitative estimate of drug-likeness (QED) is 0.885. The fourth-order valence-corrected chi connectivity index (χ4v) is 1.76. The molecule has 4 heteroatoms. The van der Waals surface area contributed by atoms with Crippen LogP contribution in [-0.2, 0) is 0 Å². The van der Waals surface area contributed by atoms with Crippen molar-refractivity contribution in [3.63, 3.8) is 0 Å². The molecule has 0 radical (unpaired) electrons. The molecule has 0 aliphatic heterocycles. The predicted octanol–water partition coefficient (Wildman–Crippen LogP) is 3.62. The first-order valence-electron chi connectivity index (χ1n) is 5.59. The first-order valence-corrected chi connectivity index (χ1v) is 5.96. The predicted molar refractivity (Wildman–Crippen MR) is 71.3 cm³/mol. The maximum Gasteiger partial charge on any atom is 0.129 e. The van der Waals surface area contributed by atoms with Gasteiger partial charge < -0.3 is 10.4 Å². The molecule has 2 N–H and O–H groups in total. The van der Waals surface area contributed by atoms with Crippen molar-refractivity contribution < 1.29 is 9.50 Å². The van der Waals surface area contributed by atoms with Crippen molar-refractivity contribution in [2.45, 2.75) is 6.10 Å². The van der Waals surface area contributed by atoms with Gasteiger partial charge in [0.15, 0.2) is 0 Å². The highest BCUT2D eigenvalue weighted by atomic mass is 35.5. The number of hydrogen-bond acceptors (Lipinski definition) is 2. The minimum atomic E-state index is -0.887. The lowest BCUT2D eigenvalue weighted by atomic mass is 10.1. The molecule has 0 fully saturated rings. The van der Waals surface area contributed by atoms with Gasteiger partial charge in [-0.3, -0.25) is 0 Å². The van der Waals surface area contributed by atoms with Crippen molar-refractivity contribution in [1.82, 2.24) is 0 Å². The summed E-state index contributed by atoms with van der Waals surface area (Å²) >= 11 is 5.76. The molecule has 2 aromatic rings. The maximum atomic E-state index is 13.4. The molecule has 2 nitrogen and oxygen atoms in total. The average molecular weight is 266 g/mol. The zero-order valence-electron chi connectivity index (χ0n) is 9.61. The number of benzene rings is 2. The highest BCUT2D eigenvalue weighted by Gasteiger charge is 2.11. The van der Waals surface area contributed by atoms with Gasteiger partial charge in [0.2, 0.25) is 0 Å². The third kappa shape index (κ3) is 3.22. The topological polar surface area (TPSA) is 32.3 Å². The summed E-state index contributed by atoms with van der Waals surface area (Å²) in [5.41, 5.74) is 1.12. The number of aliphatic hydroxyl groups is 1. The smallest absolute Gasteiger partial charge is 0.129 e. The number of halogens is 2. The van der Waals surface area contributed by atoms with E-state index in [1.807, 2.05) is 0 Å². The SMILES string of the molecule is OC(CNc1ccc(Cl)cc1)c1ccccc1F. The van der Waals surface area contributed by atoms with Crippen LogP contribution in [0.15, 0.2) is 48.5 Å². The van der Waals surface area contributed by atoms with Crippen molar-refractivity contribution in [2.24, 2.45) is 0 Å². The summed E-state index contributed by atoms with van der Waals surface area (Å²) in [6.45, 7) is 0.239. The highest BCUT2D eigenvalue weighted by molar-refractivity contribution is 6.30. The minimum absolute atomic E-state index is 0.239. The Labute approximate surface area is 110 Å². The van der Waals surface area contributed by atoms with E-state index in [1.54, 1.807) is 42.5 Å². The standard InChI is InChI=1S/C14H13ClFNO/c15-10-5-7-11(8-6-10)17-9-14(18)12-3-1-2-4-13(12)16/h1-8,14,17-18H,9H2. The van der Waals surface area contributed by atoms with Crippen LogP contribution in [0.25, 0.3) is 0 Å². The second-order valence-corrected chi connectivity index (χ2v) is 4.36. The molecule has 2 rings (SSSR count). The van der Waals surface area contributed by atoms with Crippen LogP contribution >= 0.6 is 11.6 Å². The van der Waals surface area contributed by atoms with Crippen LogP contribution in [0.3, 0.4) is 0 Å². The lowest BCUT2D eigenvalue weighted by molar-refractivity contribution is 0.186. The summed E-state index contributed by atoms with van der Waals surface area (Å²) in [6.07, 6.45) is -0.887. The Balaban J connectivity index is 1.98.